The van der Waals surface area contributed by atoms with E-state index in [1.54, 1.807) is 6.20 Å². The van der Waals surface area contributed by atoms with E-state index >= 15 is 0 Å². The van der Waals surface area contributed by atoms with Crippen LogP contribution in [0.5, 0.6) is 0 Å². The molecule has 1 N–H and O–H groups in total. The minimum atomic E-state index is -0.657. The van der Waals surface area contributed by atoms with E-state index in [4.69, 9.17) is 5.11 Å². The molecule has 18 heavy (non-hydrogen) atoms. The van der Waals surface area contributed by atoms with Gasteiger partial charge in [0.1, 0.15) is 0 Å². The summed E-state index contributed by atoms with van der Waals surface area (Å²) in [4.78, 5) is 17.5. The average molecular weight is 248 g/mol. The molecule has 4 heteroatoms. The van der Waals surface area contributed by atoms with Gasteiger partial charge in [-0.1, -0.05) is 6.07 Å². The highest BCUT2D eigenvalue weighted by molar-refractivity contribution is 5.70. The van der Waals surface area contributed by atoms with Crippen LogP contribution in [0, 0.1) is 5.92 Å². The Morgan fingerprint density at radius 2 is 2.39 bits per heavy atom. The van der Waals surface area contributed by atoms with Gasteiger partial charge < -0.3 is 5.11 Å². The Bertz CT molecular complexity index is 408. The second kappa shape index (κ2) is 5.48. The summed E-state index contributed by atoms with van der Waals surface area (Å²) < 4.78 is 0. The Morgan fingerprint density at radius 3 is 2.94 bits per heavy atom. The van der Waals surface area contributed by atoms with Crippen molar-refractivity contribution in [2.24, 2.45) is 5.92 Å². The van der Waals surface area contributed by atoms with Crippen LogP contribution in [-0.2, 0) is 4.79 Å². The van der Waals surface area contributed by atoms with Crippen LogP contribution in [0.2, 0.25) is 0 Å². The number of hydrogen-bond acceptors (Lipinski definition) is 3. The van der Waals surface area contributed by atoms with Gasteiger partial charge in [-0.15, -0.1) is 0 Å². The van der Waals surface area contributed by atoms with E-state index < -0.39 is 5.97 Å². The SMILES string of the molecule is CC1CC(C(=O)O)CCN1C(C)c1cccnc1. The number of carboxylic acid groups (broad SMARTS) is 1. The first kappa shape index (κ1) is 13.0. The molecule has 98 valence electrons. The third-order valence-electron chi connectivity index (χ3n) is 3.94. The first-order valence-electron chi connectivity index (χ1n) is 6.48. The van der Waals surface area contributed by atoms with Crippen LogP contribution >= 0.6 is 0 Å². The first-order valence-corrected chi connectivity index (χ1v) is 6.48. The molecule has 3 unspecified atom stereocenters. The van der Waals surface area contributed by atoms with Gasteiger partial charge in [0, 0.05) is 24.5 Å². The van der Waals surface area contributed by atoms with Gasteiger partial charge in [-0.3, -0.25) is 14.7 Å². The molecule has 1 aromatic heterocycles. The quantitative estimate of drug-likeness (QED) is 0.892. The van der Waals surface area contributed by atoms with Crippen molar-refractivity contribution >= 4 is 5.97 Å². The molecule has 0 bridgehead atoms. The number of pyridine rings is 1. The van der Waals surface area contributed by atoms with Crippen molar-refractivity contribution in [3.8, 4) is 0 Å². The van der Waals surface area contributed by atoms with Gasteiger partial charge in [-0.2, -0.15) is 0 Å². The second-order valence-electron chi connectivity index (χ2n) is 5.11. The highest BCUT2D eigenvalue weighted by atomic mass is 16.4. The fourth-order valence-corrected chi connectivity index (χ4v) is 2.80. The van der Waals surface area contributed by atoms with E-state index in [1.165, 1.54) is 5.56 Å². The molecule has 1 fully saturated rings. The Hall–Kier alpha value is -1.42. The van der Waals surface area contributed by atoms with Crippen LogP contribution < -0.4 is 0 Å². The number of aliphatic carboxylic acids is 1. The molecule has 0 saturated carbocycles. The van der Waals surface area contributed by atoms with Gasteiger partial charge in [-0.25, -0.2) is 0 Å². The van der Waals surface area contributed by atoms with E-state index in [0.717, 1.165) is 19.4 Å². The van der Waals surface area contributed by atoms with Gasteiger partial charge in [-0.05, 0) is 44.9 Å². The van der Waals surface area contributed by atoms with Crippen LogP contribution in [-0.4, -0.2) is 33.5 Å². The highest BCUT2D eigenvalue weighted by Gasteiger charge is 2.32. The second-order valence-corrected chi connectivity index (χ2v) is 5.11. The molecule has 1 saturated heterocycles. The zero-order valence-electron chi connectivity index (χ0n) is 10.9. The summed E-state index contributed by atoms with van der Waals surface area (Å²) in [5.74, 6) is -0.840. The predicted molar refractivity (Wildman–Crippen MR) is 69.2 cm³/mol. The van der Waals surface area contributed by atoms with Crippen molar-refractivity contribution in [2.45, 2.75) is 38.8 Å². The van der Waals surface area contributed by atoms with Crippen molar-refractivity contribution in [3.05, 3.63) is 30.1 Å². The number of aromatic nitrogens is 1. The van der Waals surface area contributed by atoms with Gasteiger partial charge >= 0.3 is 5.97 Å². The lowest BCUT2D eigenvalue weighted by molar-refractivity contribution is -0.144. The molecule has 1 aliphatic rings. The minimum absolute atomic E-state index is 0.183. The lowest BCUT2D eigenvalue weighted by atomic mass is 9.90. The molecule has 0 spiro atoms. The van der Waals surface area contributed by atoms with Crippen LogP contribution in [0.15, 0.2) is 24.5 Å². The lowest BCUT2D eigenvalue weighted by Crippen LogP contribution is -2.43. The molecule has 0 amide bonds. The third-order valence-corrected chi connectivity index (χ3v) is 3.94. The summed E-state index contributed by atoms with van der Waals surface area (Å²) >= 11 is 0. The number of rotatable bonds is 3. The standard InChI is InChI=1S/C14H20N2O2/c1-10-8-12(14(17)18)5-7-16(10)11(2)13-4-3-6-15-9-13/h3-4,6,9-12H,5,7-8H2,1-2H3,(H,17,18). The Balaban J connectivity index is 2.05. The Kier molecular flexibility index (Phi) is 3.97. The molecule has 4 nitrogen and oxygen atoms in total. The van der Waals surface area contributed by atoms with Gasteiger partial charge in [0.15, 0.2) is 0 Å². The van der Waals surface area contributed by atoms with Crippen molar-refractivity contribution in [3.63, 3.8) is 0 Å². The molecule has 0 radical (unpaired) electrons. The summed E-state index contributed by atoms with van der Waals surface area (Å²) in [7, 11) is 0. The van der Waals surface area contributed by atoms with Crippen molar-refractivity contribution in [2.75, 3.05) is 6.54 Å². The van der Waals surface area contributed by atoms with Crippen molar-refractivity contribution in [1.82, 2.24) is 9.88 Å². The van der Waals surface area contributed by atoms with Crippen LogP contribution in [0.4, 0.5) is 0 Å². The van der Waals surface area contributed by atoms with E-state index in [2.05, 4.69) is 29.8 Å². The van der Waals surface area contributed by atoms with E-state index in [-0.39, 0.29) is 5.92 Å². The number of hydrogen-bond donors (Lipinski definition) is 1. The number of nitrogens with zero attached hydrogens (tertiary/aromatic N) is 2. The van der Waals surface area contributed by atoms with Gasteiger partial charge in [0.05, 0.1) is 5.92 Å². The smallest absolute Gasteiger partial charge is 0.306 e. The summed E-state index contributed by atoms with van der Waals surface area (Å²) in [5, 5.41) is 9.07. The normalized spacial score (nSPS) is 26.8. The summed E-state index contributed by atoms with van der Waals surface area (Å²) in [6.07, 6.45) is 5.14. The Morgan fingerprint density at radius 1 is 1.61 bits per heavy atom. The van der Waals surface area contributed by atoms with Crippen molar-refractivity contribution < 1.29 is 9.90 Å². The topological polar surface area (TPSA) is 53.4 Å². The third kappa shape index (κ3) is 2.70. The molecular formula is C14H20N2O2. The van der Waals surface area contributed by atoms with E-state index in [1.807, 2.05) is 12.3 Å². The monoisotopic (exact) mass is 248 g/mol. The zero-order valence-corrected chi connectivity index (χ0v) is 10.9. The van der Waals surface area contributed by atoms with E-state index in [9.17, 15) is 4.79 Å². The molecule has 2 heterocycles. The number of piperidine rings is 1. The van der Waals surface area contributed by atoms with Gasteiger partial charge in [0.2, 0.25) is 0 Å². The number of carbonyl (C=O) groups is 1. The number of carboxylic acids is 1. The van der Waals surface area contributed by atoms with Crippen molar-refractivity contribution in [1.29, 1.82) is 0 Å². The maximum atomic E-state index is 11.0. The number of likely N-dealkylation sites (tertiary alicyclic amines) is 1. The van der Waals surface area contributed by atoms with Crippen LogP contribution in [0.25, 0.3) is 0 Å². The molecule has 1 aliphatic heterocycles. The largest absolute Gasteiger partial charge is 0.481 e. The zero-order chi connectivity index (χ0) is 13.1. The maximum absolute atomic E-state index is 11.0. The minimum Gasteiger partial charge on any atom is -0.481 e. The fourth-order valence-electron chi connectivity index (χ4n) is 2.80. The summed E-state index contributed by atoms with van der Waals surface area (Å²) in [6, 6.07) is 4.62. The molecule has 0 aliphatic carbocycles. The van der Waals surface area contributed by atoms with Crippen LogP contribution in [0.1, 0.15) is 38.3 Å². The highest BCUT2D eigenvalue weighted by Crippen LogP contribution is 2.30. The summed E-state index contributed by atoms with van der Waals surface area (Å²) in [5.41, 5.74) is 1.19. The van der Waals surface area contributed by atoms with E-state index in [0.29, 0.717) is 12.1 Å². The maximum Gasteiger partial charge on any atom is 0.306 e. The molecule has 1 aromatic rings. The average Bonchev–Trinajstić information content (AvgIpc) is 2.38. The van der Waals surface area contributed by atoms with Crippen LogP contribution in [0.3, 0.4) is 0 Å². The predicted octanol–water partition coefficient (Wildman–Crippen LogP) is 2.33. The Labute approximate surface area is 108 Å². The first-order chi connectivity index (χ1) is 8.59. The molecule has 0 aromatic carbocycles. The fraction of sp³-hybridized carbons (Fsp3) is 0.571. The molecule has 3 atom stereocenters. The molecular weight excluding hydrogens is 228 g/mol. The van der Waals surface area contributed by atoms with Gasteiger partial charge in [0.25, 0.3) is 0 Å². The summed E-state index contributed by atoms with van der Waals surface area (Å²) in [6.45, 7) is 5.12. The molecule has 2 rings (SSSR count). The lowest BCUT2D eigenvalue weighted by Gasteiger charge is -2.40.